The number of carbonyl (C=O) groups is 1. The molecule has 4 nitrogen and oxygen atoms in total. The first-order valence-electron chi connectivity index (χ1n) is 4.75. The highest BCUT2D eigenvalue weighted by Gasteiger charge is 2.16. The third kappa shape index (κ3) is 7.17. The normalized spacial score (nSPS) is 12.7. The van der Waals surface area contributed by atoms with Crippen molar-refractivity contribution in [1.82, 2.24) is 0 Å². The Morgan fingerprint density at radius 3 is 2.79 bits per heavy atom. The SMILES string of the molecule is CCSCCC(OCCCO)C(=O)O. The predicted octanol–water partition coefficient (Wildman–Crippen LogP) is 0.982. The lowest BCUT2D eigenvalue weighted by Gasteiger charge is -2.12. The lowest BCUT2D eigenvalue weighted by atomic mass is 10.3. The maximum absolute atomic E-state index is 10.7. The van der Waals surface area contributed by atoms with E-state index in [9.17, 15) is 4.79 Å². The molecule has 0 amide bonds. The van der Waals surface area contributed by atoms with Crippen molar-refractivity contribution in [2.45, 2.75) is 25.9 Å². The Morgan fingerprint density at radius 2 is 2.29 bits per heavy atom. The fourth-order valence-electron chi connectivity index (χ4n) is 0.903. The Kier molecular flexibility index (Phi) is 9.13. The van der Waals surface area contributed by atoms with Gasteiger partial charge in [-0.3, -0.25) is 0 Å². The summed E-state index contributed by atoms with van der Waals surface area (Å²) in [6, 6.07) is 0. The van der Waals surface area contributed by atoms with Gasteiger partial charge in [-0.1, -0.05) is 6.92 Å². The zero-order valence-electron chi connectivity index (χ0n) is 8.44. The molecule has 0 heterocycles. The van der Waals surface area contributed by atoms with Crippen LogP contribution in [0, 0.1) is 0 Å². The minimum Gasteiger partial charge on any atom is -0.479 e. The summed E-state index contributed by atoms with van der Waals surface area (Å²) in [5.41, 5.74) is 0. The van der Waals surface area contributed by atoms with E-state index in [4.69, 9.17) is 14.9 Å². The van der Waals surface area contributed by atoms with Gasteiger partial charge in [0.1, 0.15) is 0 Å². The van der Waals surface area contributed by atoms with Crippen LogP contribution in [0.1, 0.15) is 19.8 Å². The predicted molar refractivity (Wildman–Crippen MR) is 56.7 cm³/mol. The molecule has 0 saturated carbocycles. The summed E-state index contributed by atoms with van der Waals surface area (Å²) in [5, 5.41) is 17.3. The van der Waals surface area contributed by atoms with Gasteiger partial charge in [0.15, 0.2) is 6.10 Å². The van der Waals surface area contributed by atoms with E-state index in [0.717, 1.165) is 11.5 Å². The second kappa shape index (κ2) is 9.30. The Balaban J connectivity index is 3.61. The lowest BCUT2D eigenvalue weighted by Crippen LogP contribution is -2.25. The second-order valence-electron chi connectivity index (χ2n) is 2.76. The molecule has 5 heteroatoms. The van der Waals surface area contributed by atoms with E-state index in [1.165, 1.54) is 0 Å². The number of carboxylic acids is 1. The maximum Gasteiger partial charge on any atom is 0.332 e. The van der Waals surface area contributed by atoms with Gasteiger partial charge in [-0.15, -0.1) is 0 Å². The van der Waals surface area contributed by atoms with Crippen LogP contribution in [0.15, 0.2) is 0 Å². The maximum atomic E-state index is 10.7. The largest absolute Gasteiger partial charge is 0.479 e. The van der Waals surface area contributed by atoms with Crippen molar-refractivity contribution in [2.75, 3.05) is 24.7 Å². The van der Waals surface area contributed by atoms with E-state index in [1.807, 2.05) is 6.92 Å². The van der Waals surface area contributed by atoms with Crippen LogP contribution in [0.2, 0.25) is 0 Å². The molecule has 84 valence electrons. The van der Waals surface area contributed by atoms with E-state index in [-0.39, 0.29) is 6.61 Å². The first-order valence-corrected chi connectivity index (χ1v) is 5.90. The summed E-state index contributed by atoms with van der Waals surface area (Å²) in [5.74, 6) is 0.870. The molecule has 0 aliphatic heterocycles. The molecule has 14 heavy (non-hydrogen) atoms. The van der Waals surface area contributed by atoms with Crippen LogP contribution in [0.25, 0.3) is 0 Å². The van der Waals surface area contributed by atoms with Gasteiger partial charge >= 0.3 is 5.97 Å². The fraction of sp³-hybridized carbons (Fsp3) is 0.889. The quantitative estimate of drug-likeness (QED) is 0.569. The lowest BCUT2D eigenvalue weighted by molar-refractivity contribution is -0.150. The second-order valence-corrected chi connectivity index (χ2v) is 4.15. The molecule has 0 saturated heterocycles. The standard InChI is InChI=1S/C9H18O4S/c1-2-14-7-4-8(9(11)12)13-6-3-5-10/h8,10H,2-7H2,1H3,(H,11,12). The minimum absolute atomic E-state index is 0.0377. The van der Waals surface area contributed by atoms with Crippen LogP contribution in [0.5, 0.6) is 0 Å². The third-order valence-corrected chi connectivity index (χ3v) is 2.56. The van der Waals surface area contributed by atoms with Gasteiger partial charge in [0.05, 0.1) is 0 Å². The number of rotatable bonds is 9. The molecule has 0 spiro atoms. The highest BCUT2D eigenvalue weighted by Crippen LogP contribution is 2.07. The Bertz CT molecular complexity index is 142. The van der Waals surface area contributed by atoms with E-state index >= 15 is 0 Å². The average molecular weight is 222 g/mol. The molecule has 0 aliphatic rings. The summed E-state index contributed by atoms with van der Waals surface area (Å²) >= 11 is 1.70. The molecule has 0 radical (unpaired) electrons. The zero-order valence-corrected chi connectivity index (χ0v) is 9.26. The molecule has 0 bridgehead atoms. The number of aliphatic carboxylic acids is 1. The molecule has 0 rings (SSSR count). The van der Waals surface area contributed by atoms with Crippen molar-refractivity contribution in [3.05, 3.63) is 0 Å². The van der Waals surface area contributed by atoms with E-state index in [2.05, 4.69) is 0 Å². The van der Waals surface area contributed by atoms with Gasteiger partial charge in [-0.2, -0.15) is 11.8 Å². The molecule has 0 fully saturated rings. The summed E-state index contributed by atoms with van der Waals surface area (Å²) in [6.07, 6.45) is 0.296. The fourth-order valence-corrected chi connectivity index (χ4v) is 1.57. The molecule has 0 aromatic carbocycles. The highest BCUT2D eigenvalue weighted by atomic mass is 32.2. The van der Waals surface area contributed by atoms with Gasteiger partial charge in [0.2, 0.25) is 0 Å². The summed E-state index contributed by atoms with van der Waals surface area (Å²) in [6.45, 7) is 2.38. The van der Waals surface area contributed by atoms with E-state index < -0.39 is 12.1 Å². The molecule has 1 atom stereocenters. The number of carboxylic acid groups (broad SMARTS) is 1. The van der Waals surface area contributed by atoms with Gasteiger partial charge in [0.25, 0.3) is 0 Å². The number of ether oxygens (including phenoxy) is 1. The van der Waals surface area contributed by atoms with Crippen molar-refractivity contribution in [2.24, 2.45) is 0 Å². The number of aliphatic hydroxyl groups excluding tert-OH is 1. The van der Waals surface area contributed by atoms with Crippen molar-refractivity contribution in [3.8, 4) is 0 Å². The van der Waals surface area contributed by atoms with Crippen LogP contribution in [0.3, 0.4) is 0 Å². The summed E-state index contributed by atoms with van der Waals surface area (Å²) in [4.78, 5) is 10.7. The van der Waals surface area contributed by atoms with Gasteiger partial charge < -0.3 is 14.9 Å². The number of hydrogen-bond acceptors (Lipinski definition) is 4. The van der Waals surface area contributed by atoms with Gasteiger partial charge in [0, 0.05) is 13.2 Å². The minimum atomic E-state index is -0.917. The van der Waals surface area contributed by atoms with Crippen molar-refractivity contribution >= 4 is 17.7 Å². The van der Waals surface area contributed by atoms with Crippen molar-refractivity contribution < 1.29 is 19.7 Å². The van der Waals surface area contributed by atoms with Crippen LogP contribution < -0.4 is 0 Å². The van der Waals surface area contributed by atoms with E-state index in [0.29, 0.717) is 19.4 Å². The van der Waals surface area contributed by atoms with E-state index in [1.54, 1.807) is 11.8 Å². The number of thioether (sulfide) groups is 1. The highest BCUT2D eigenvalue weighted by molar-refractivity contribution is 7.99. The Labute approximate surface area is 88.6 Å². The number of aliphatic hydroxyl groups is 1. The Hall–Kier alpha value is -0.260. The van der Waals surface area contributed by atoms with Crippen molar-refractivity contribution in [1.29, 1.82) is 0 Å². The smallest absolute Gasteiger partial charge is 0.332 e. The number of hydrogen-bond donors (Lipinski definition) is 2. The molecule has 0 aromatic heterocycles. The first-order chi connectivity index (χ1) is 6.72. The molecular weight excluding hydrogens is 204 g/mol. The van der Waals surface area contributed by atoms with Crippen LogP contribution in [0.4, 0.5) is 0 Å². The Morgan fingerprint density at radius 1 is 1.57 bits per heavy atom. The topological polar surface area (TPSA) is 66.8 Å². The van der Waals surface area contributed by atoms with Gasteiger partial charge in [-0.05, 0) is 24.3 Å². The van der Waals surface area contributed by atoms with Crippen LogP contribution in [-0.2, 0) is 9.53 Å². The first kappa shape index (κ1) is 13.7. The molecule has 0 aliphatic carbocycles. The van der Waals surface area contributed by atoms with Crippen molar-refractivity contribution in [3.63, 3.8) is 0 Å². The molecule has 1 unspecified atom stereocenters. The molecule has 0 aromatic rings. The molecule has 2 N–H and O–H groups in total. The monoisotopic (exact) mass is 222 g/mol. The zero-order chi connectivity index (χ0) is 10.8. The van der Waals surface area contributed by atoms with Crippen LogP contribution >= 0.6 is 11.8 Å². The van der Waals surface area contributed by atoms with Gasteiger partial charge in [-0.25, -0.2) is 4.79 Å². The molecular formula is C9H18O4S. The van der Waals surface area contributed by atoms with Crippen LogP contribution in [-0.4, -0.2) is 47.0 Å². The average Bonchev–Trinajstić information content (AvgIpc) is 2.15. The summed E-state index contributed by atoms with van der Waals surface area (Å²) in [7, 11) is 0. The third-order valence-electron chi connectivity index (χ3n) is 1.63. The summed E-state index contributed by atoms with van der Waals surface area (Å²) < 4.78 is 5.12.